The fourth-order valence-corrected chi connectivity index (χ4v) is 2.35. The minimum absolute atomic E-state index is 0.0979. The van der Waals surface area contributed by atoms with Gasteiger partial charge in [0.05, 0.1) is 0 Å². The highest BCUT2D eigenvalue weighted by atomic mass is 16.4. The third-order valence-corrected chi connectivity index (χ3v) is 3.38. The van der Waals surface area contributed by atoms with Crippen molar-refractivity contribution in [3.05, 3.63) is 22.2 Å². The molecule has 104 valence electrons. The summed E-state index contributed by atoms with van der Waals surface area (Å²) in [6.07, 6.45) is 2.42. The summed E-state index contributed by atoms with van der Waals surface area (Å²) in [6, 6.07) is 0.802. The van der Waals surface area contributed by atoms with Crippen molar-refractivity contribution in [1.29, 1.82) is 0 Å². The van der Waals surface area contributed by atoms with Gasteiger partial charge in [0.25, 0.3) is 5.56 Å². The summed E-state index contributed by atoms with van der Waals surface area (Å²) >= 11 is 0. The Bertz CT molecular complexity index is 524. The summed E-state index contributed by atoms with van der Waals surface area (Å²) in [5.41, 5.74) is -0.233. The maximum absolute atomic E-state index is 11.7. The van der Waals surface area contributed by atoms with Gasteiger partial charge in [0, 0.05) is 18.5 Å². The molecule has 1 unspecified atom stereocenters. The smallest absolute Gasteiger partial charge is 0.326 e. The van der Waals surface area contributed by atoms with E-state index in [0.717, 1.165) is 12.8 Å². The van der Waals surface area contributed by atoms with E-state index in [1.54, 1.807) is 4.90 Å². The van der Waals surface area contributed by atoms with E-state index in [9.17, 15) is 14.7 Å². The number of nitrogens with zero attached hydrogens (tertiary/aromatic N) is 2. The number of carbonyl (C=O) groups is 1. The number of hydrogen-bond donors (Lipinski definition) is 2. The van der Waals surface area contributed by atoms with Crippen molar-refractivity contribution in [1.82, 2.24) is 9.97 Å². The Morgan fingerprint density at radius 1 is 1.53 bits per heavy atom. The Morgan fingerprint density at radius 3 is 2.89 bits per heavy atom. The molecule has 2 N–H and O–H groups in total. The highest BCUT2D eigenvalue weighted by Crippen LogP contribution is 2.23. The van der Waals surface area contributed by atoms with Crippen LogP contribution in [-0.2, 0) is 4.79 Å². The molecular formula is C13H19N3O3. The second kappa shape index (κ2) is 5.42. The first-order valence-electron chi connectivity index (χ1n) is 6.59. The molecule has 0 aromatic carbocycles. The zero-order chi connectivity index (χ0) is 14.0. The Balaban J connectivity index is 2.38. The molecular weight excluding hydrogens is 246 g/mol. The van der Waals surface area contributed by atoms with Gasteiger partial charge in [-0.3, -0.25) is 4.79 Å². The van der Waals surface area contributed by atoms with E-state index < -0.39 is 12.0 Å². The number of anilines is 1. The number of carboxylic acids is 1. The van der Waals surface area contributed by atoms with E-state index in [-0.39, 0.29) is 11.5 Å². The van der Waals surface area contributed by atoms with Gasteiger partial charge in [-0.25, -0.2) is 9.78 Å². The quantitative estimate of drug-likeness (QED) is 0.861. The summed E-state index contributed by atoms with van der Waals surface area (Å²) in [6.45, 7) is 4.50. The molecule has 1 aromatic heterocycles. The van der Waals surface area contributed by atoms with Crippen molar-refractivity contribution in [3.8, 4) is 0 Å². The molecule has 1 fully saturated rings. The number of aromatic nitrogens is 2. The van der Waals surface area contributed by atoms with Gasteiger partial charge in [0.15, 0.2) is 0 Å². The minimum Gasteiger partial charge on any atom is -0.480 e. The van der Waals surface area contributed by atoms with Crippen molar-refractivity contribution >= 4 is 11.8 Å². The van der Waals surface area contributed by atoms with Crippen LogP contribution in [0.1, 0.15) is 44.9 Å². The number of aliphatic carboxylic acids is 1. The van der Waals surface area contributed by atoms with Crippen LogP contribution < -0.4 is 10.5 Å². The summed E-state index contributed by atoms with van der Waals surface area (Å²) in [7, 11) is 0. The van der Waals surface area contributed by atoms with Gasteiger partial charge in [0.1, 0.15) is 17.7 Å². The highest BCUT2D eigenvalue weighted by molar-refractivity contribution is 5.77. The lowest BCUT2D eigenvalue weighted by molar-refractivity contribution is -0.139. The van der Waals surface area contributed by atoms with E-state index in [2.05, 4.69) is 9.97 Å². The van der Waals surface area contributed by atoms with E-state index >= 15 is 0 Å². The molecule has 1 aromatic rings. The molecule has 6 heteroatoms. The summed E-state index contributed by atoms with van der Waals surface area (Å²) in [5.74, 6) is 0.311. The minimum atomic E-state index is -0.854. The van der Waals surface area contributed by atoms with Crippen molar-refractivity contribution in [3.63, 3.8) is 0 Å². The van der Waals surface area contributed by atoms with Gasteiger partial charge in [-0.2, -0.15) is 0 Å². The molecule has 1 atom stereocenters. The lowest BCUT2D eigenvalue weighted by Crippen LogP contribution is -2.45. The van der Waals surface area contributed by atoms with Gasteiger partial charge in [-0.05, 0) is 19.3 Å². The zero-order valence-corrected chi connectivity index (χ0v) is 11.2. The largest absolute Gasteiger partial charge is 0.480 e. The van der Waals surface area contributed by atoms with E-state index in [0.29, 0.717) is 24.6 Å². The number of piperidine rings is 1. The van der Waals surface area contributed by atoms with Crippen molar-refractivity contribution in [2.75, 3.05) is 11.4 Å². The van der Waals surface area contributed by atoms with Crippen LogP contribution in [0.15, 0.2) is 10.9 Å². The molecule has 1 aliphatic heterocycles. The van der Waals surface area contributed by atoms with Crippen LogP contribution in [-0.4, -0.2) is 33.6 Å². The zero-order valence-electron chi connectivity index (χ0n) is 11.2. The van der Waals surface area contributed by atoms with Crippen LogP contribution in [0.5, 0.6) is 0 Å². The Labute approximate surface area is 111 Å². The number of aromatic amines is 1. The molecule has 0 radical (unpaired) electrons. The lowest BCUT2D eigenvalue weighted by Gasteiger charge is -2.33. The maximum Gasteiger partial charge on any atom is 0.326 e. The number of H-pyrrole nitrogens is 1. The van der Waals surface area contributed by atoms with Crippen LogP contribution >= 0.6 is 0 Å². The van der Waals surface area contributed by atoms with Gasteiger partial charge in [-0.1, -0.05) is 13.8 Å². The van der Waals surface area contributed by atoms with Crippen LogP contribution in [0.4, 0.5) is 5.82 Å². The summed E-state index contributed by atoms with van der Waals surface area (Å²) in [4.78, 5) is 31.8. The van der Waals surface area contributed by atoms with Crippen LogP contribution in [0, 0.1) is 0 Å². The number of nitrogens with one attached hydrogen (secondary N) is 1. The fourth-order valence-electron chi connectivity index (χ4n) is 2.35. The summed E-state index contributed by atoms with van der Waals surface area (Å²) in [5, 5.41) is 9.26. The second-order valence-corrected chi connectivity index (χ2v) is 5.19. The van der Waals surface area contributed by atoms with E-state index in [4.69, 9.17) is 0 Å². The van der Waals surface area contributed by atoms with Crippen molar-refractivity contribution in [2.45, 2.75) is 45.1 Å². The molecule has 0 saturated carbocycles. The predicted octanol–water partition coefficient (Wildman–Crippen LogP) is 1.34. The van der Waals surface area contributed by atoms with Crippen molar-refractivity contribution < 1.29 is 9.90 Å². The van der Waals surface area contributed by atoms with Crippen LogP contribution in [0.2, 0.25) is 0 Å². The molecule has 19 heavy (non-hydrogen) atoms. The topological polar surface area (TPSA) is 86.3 Å². The van der Waals surface area contributed by atoms with E-state index in [1.165, 1.54) is 6.07 Å². The second-order valence-electron chi connectivity index (χ2n) is 5.19. The molecule has 2 heterocycles. The Hall–Kier alpha value is -1.85. The molecule has 0 amide bonds. The van der Waals surface area contributed by atoms with Gasteiger partial charge < -0.3 is 15.0 Å². The Morgan fingerprint density at radius 2 is 2.26 bits per heavy atom. The number of rotatable bonds is 3. The first kappa shape index (κ1) is 13.6. The monoisotopic (exact) mass is 265 g/mol. The molecule has 0 bridgehead atoms. The van der Waals surface area contributed by atoms with Crippen LogP contribution in [0.25, 0.3) is 0 Å². The first-order chi connectivity index (χ1) is 8.99. The summed E-state index contributed by atoms with van der Waals surface area (Å²) < 4.78 is 0. The van der Waals surface area contributed by atoms with E-state index in [1.807, 2.05) is 13.8 Å². The lowest BCUT2D eigenvalue weighted by atomic mass is 10.0. The molecule has 0 aliphatic carbocycles. The predicted molar refractivity (Wildman–Crippen MR) is 71.6 cm³/mol. The van der Waals surface area contributed by atoms with Gasteiger partial charge >= 0.3 is 5.97 Å². The standard InChI is InChI=1S/C13H19N3O3/c1-8(2)12-14-10(7-11(17)15-12)16-6-4-3-5-9(16)13(18)19/h7-9H,3-6H2,1-2H3,(H,18,19)(H,14,15,17). The first-order valence-corrected chi connectivity index (χ1v) is 6.59. The Kier molecular flexibility index (Phi) is 3.87. The third kappa shape index (κ3) is 2.94. The molecule has 1 aliphatic rings. The fraction of sp³-hybridized carbons (Fsp3) is 0.615. The van der Waals surface area contributed by atoms with Gasteiger partial charge in [0.2, 0.25) is 0 Å². The normalized spacial score (nSPS) is 19.7. The molecule has 2 rings (SSSR count). The molecule has 1 saturated heterocycles. The average molecular weight is 265 g/mol. The third-order valence-electron chi connectivity index (χ3n) is 3.38. The van der Waals surface area contributed by atoms with Crippen molar-refractivity contribution in [2.24, 2.45) is 0 Å². The number of hydrogen-bond acceptors (Lipinski definition) is 4. The van der Waals surface area contributed by atoms with Crippen LogP contribution in [0.3, 0.4) is 0 Å². The SMILES string of the molecule is CC(C)c1nc(N2CCCCC2C(=O)O)cc(=O)[nH]1. The highest BCUT2D eigenvalue weighted by Gasteiger charge is 2.29. The maximum atomic E-state index is 11.7. The van der Waals surface area contributed by atoms with Gasteiger partial charge in [-0.15, -0.1) is 0 Å². The average Bonchev–Trinajstić information content (AvgIpc) is 2.37. The number of carboxylic acid groups (broad SMARTS) is 1. The molecule has 6 nitrogen and oxygen atoms in total. The molecule has 0 spiro atoms.